The second-order valence-electron chi connectivity index (χ2n) is 7.93. The molecule has 0 saturated heterocycles. The standard InChI is InChI=1S/C28H20Br2N2O3/c1-35-27(34)21(15-19-7-3-2-4-8-19)16-28(18-31)24-10-6-5-9-23(24)25(30)17-32(28)26(33)20-11-13-22(29)14-12-20/h2-15,17H,16H2,1H3/b21-15+. The molecule has 1 aliphatic heterocycles. The minimum Gasteiger partial charge on any atom is -0.466 e. The first-order valence-electron chi connectivity index (χ1n) is 10.7. The molecule has 0 bridgehead atoms. The van der Waals surface area contributed by atoms with E-state index in [2.05, 4.69) is 37.9 Å². The lowest BCUT2D eigenvalue weighted by Gasteiger charge is -2.41. The van der Waals surface area contributed by atoms with Gasteiger partial charge in [-0.25, -0.2) is 4.79 Å². The minimum absolute atomic E-state index is 0.0683. The van der Waals surface area contributed by atoms with Gasteiger partial charge in [0, 0.05) is 38.3 Å². The first-order valence-corrected chi connectivity index (χ1v) is 12.3. The van der Waals surface area contributed by atoms with Crippen LogP contribution in [0, 0.1) is 11.3 Å². The molecule has 0 radical (unpaired) electrons. The Balaban J connectivity index is 1.91. The van der Waals surface area contributed by atoms with Gasteiger partial charge in [-0.2, -0.15) is 5.26 Å². The predicted octanol–water partition coefficient (Wildman–Crippen LogP) is 6.66. The fourth-order valence-electron chi connectivity index (χ4n) is 4.11. The van der Waals surface area contributed by atoms with Crippen LogP contribution in [0.25, 0.3) is 10.6 Å². The van der Waals surface area contributed by atoms with Crippen LogP contribution in [-0.2, 0) is 15.1 Å². The minimum atomic E-state index is -1.49. The Morgan fingerprint density at radius 3 is 2.31 bits per heavy atom. The van der Waals surface area contributed by atoms with Crippen molar-refractivity contribution < 1.29 is 14.3 Å². The van der Waals surface area contributed by atoms with Crippen molar-refractivity contribution in [1.82, 2.24) is 4.90 Å². The van der Waals surface area contributed by atoms with E-state index >= 15 is 0 Å². The van der Waals surface area contributed by atoms with Crippen molar-refractivity contribution in [3.05, 3.63) is 117 Å². The summed E-state index contributed by atoms with van der Waals surface area (Å²) < 4.78 is 6.56. The van der Waals surface area contributed by atoms with Gasteiger partial charge < -0.3 is 4.74 Å². The van der Waals surface area contributed by atoms with Crippen LogP contribution in [-0.4, -0.2) is 23.9 Å². The lowest BCUT2D eigenvalue weighted by Crippen LogP contribution is -2.48. The van der Waals surface area contributed by atoms with E-state index < -0.39 is 11.5 Å². The molecule has 3 aromatic carbocycles. The SMILES string of the molecule is COC(=O)/C(=C/c1ccccc1)CC1(C#N)c2ccccc2C(Br)=CN1C(=O)c1ccc(Br)cc1. The van der Waals surface area contributed by atoms with E-state index in [0.29, 0.717) is 15.6 Å². The van der Waals surface area contributed by atoms with Crippen LogP contribution in [0.4, 0.5) is 0 Å². The van der Waals surface area contributed by atoms with Crippen LogP contribution in [0.5, 0.6) is 0 Å². The number of nitriles is 1. The van der Waals surface area contributed by atoms with Gasteiger partial charge in [0.05, 0.1) is 13.2 Å². The third-order valence-corrected chi connectivity index (χ3v) is 6.97. The van der Waals surface area contributed by atoms with E-state index in [1.807, 2.05) is 54.6 Å². The molecule has 1 unspecified atom stereocenters. The number of hydrogen-bond acceptors (Lipinski definition) is 4. The third-order valence-electron chi connectivity index (χ3n) is 5.81. The number of benzene rings is 3. The highest BCUT2D eigenvalue weighted by molar-refractivity contribution is 9.15. The summed E-state index contributed by atoms with van der Waals surface area (Å²) in [4.78, 5) is 28.1. The fourth-order valence-corrected chi connectivity index (χ4v) is 4.93. The number of fused-ring (bicyclic) bond motifs is 1. The van der Waals surface area contributed by atoms with Crippen LogP contribution in [0.15, 0.2) is 95.1 Å². The van der Waals surface area contributed by atoms with E-state index in [1.54, 1.807) is 36.5 Å². The predicted molar refractivity (Wildman–Crippen MR) is 142 cm³/mol. The Hall–Kier alpha value is -3.47. The summed E-state index contributed by atoms with van der Waals surface area (Å²) in [6.07, 6.45) is 3.25. The van der Waals surface area contributed by atoms with Crippen LogP contribution < -0.4 is 0 Å². The summed E-state index contributed by atoms with van der Waals surface area (Å²) in [6, 6.07) is 26.0. The summed E-state index contributed by atoms with van der Waals surface area (Å²) in [5.41, 5.74) is 1.37. The second kappa shape index (κ2) is 10.4. The molecule has 0 fully saturated rings. The maximum Gasteiger partial charge on any atom is 0.333 e. The van der Waals surface area contributed by atoms with E-state index in [9.17, 15) is 14.9 Å². The van der Waals surface area contributed by atoms with Crippen LogP contribution in [0.3, 0.4) is 0 Å². The van der Waals surface area contributed by atoms with Crippen molar-refractivity contribution in [2.75, 3.05) is 7.11 Å². The summed E-state index contributed by atoms with van der Waals surface area (Å²) in [5.74, 6) is -0.931. The molecule has 0 N–H and O–H groups in total. The van der Waals surface area contributed by atoms with E-state index in [0.717, 1.165) is 15.6 Å². The second-order valence-corrected chi connectivity index (χ2v) is 9.70. The number of ether oxygens (including phenoxy) is 1. The highest BCUT2D eigenvalue weighted by Crippen LogP contribution is 2.45. The van der Waals surface area contributed by atoms with Gasteiger partial charge in [0.25, 0.3) is 5.91 Å². The van der Waals surface area contributed by atoms with Crippen molar-refractivity contribution in [2.24, 2.45) is 0 Å². The number of rotatable bonds is 5. The van der Waals surface area contributed by atoms with Gasteiger partial charge in [-0.3, -0.25) is 9.69 Å². The lowest BCUT2D eigenvalue weighted by atomic mass is 9.78. The number of halogens is 2. The summed E-state index contributed by atoms with van der Waals surface area (Å²) in [7, 11) is 1.30. The van der Waals surface area contributed by atoms with Crippen LogP contribution in [0.1, 0.15) is 33.5 Å². The highest BCUT2D eigenvalue weighted by Gasteiger charge is 2.47. The number of amides is 1. The van der Waals surface area contributed by atoms with E-state index in [-0.39, 0.29) is 17.9 Å². The largest absolute Gasteiger partial charge is 0.466 e. The van der Waals surface area contributed by atoms with Crippen molar-refractivity contribution >= 4 is 54.3 Å². The molecular weight excluding hydrogens is 572 g/mol. The lowest BCUT2D eigenvalue weighted by molar-refractivity contribution is -0.136. The molecule has 1 amide bonds. The molecule has 0 aromatic heterocycles. The molecule has 35 heavy (non-hydrogen) atoms. The number of carbonyl (C=O) groups is 2. The zero-order valence-corrected chi connectivity index (χ0v) is 21.9. The van der Waals surface area contributed by atoms with Crippen molar-refractivity contribution in [1.29, 1.82) is 5.26 Å². The number of carbonyl (C=O) groups excluding carboxylic acids is 2. The first-order chi connectivity index (χ1) is 16.9. The van der Waals surface area contributed by atoms with Gasteiger partial charge in [0.15, 0.2) is 5.54 Å². The average Bonchev–Trinajstić information content (AvgIpc) is 2.90. The van der Waals surface area contributed by atoms with Crippen molar-refractivity contribution in [3.63, 3.8) is 0 Å². The smallest absolute Gasteiger partial charge is 0.333 e. The normalized spacial score (nSPS) is 17.1. The molecule has 4 rings (SSSR count). The van der Waals surface area contributed by atoms with Crippen molar-refractivity contribution in [2.45, 2.75) is 12.0 Å². The van der Waals surface area contributed by atoms with Gasteiger partial charge in [0.1, 0.15) is 0 Å². The molecule has 0 spiro atoms. The third kappa shape index (κ3) is 4.86. The summed E-state index contributed by atoms with van der Waals surface area (Å²) in [6.45, 7) is 0. The molecule has 1 heterocycles. The van der Waals surface area contributed by atoms with Gasteiger partial charge >= 0.3 is 5.97 Å². The average molecular weight is 592 g/mol. The van der Waals surface area contributed by atoms with E-state index in [4.69, 9.17) is 4.74 Å². The maximum absolute atomic E-state index is 13.8. The molecule has 5 nitrogen and oxygen atoms in total. The Kier molecular flexibility index (Phi) is 7.34. The van der Waals surface area contributed by atoms with Crippen molar-refractivity contribution in [3.8, 4) is 6.07 Å². The Morgan fingerprint density at radius 2 is 1.66 bits per heavy atom. The zero-order chi connectivity index (χ0) is 25.0. The summed E-state index contributed by atoms with van der Waals surface area (Å²) in [5, 5.41) is 10.7. The molecular formula is C28H20Br2N2O3. The molecule has 0 saturated carbocycles. The van der Waals surface area contributed by atoms with Gasteiger partial charge in [-0.1, -0.05) is 70.5 Å². The zero-order valence-electron chi connectivity index (χ0n) is 18.7. The number of nitrogens with zero attached hydrogens (tertiary/aromatic N) is 2. The fraction of sp³-hybridized carbons (Fsp3) is 0.107. The Bertz CT molecular complexity index is 1380. The number of methoxy groups -OCH3 is 1. The number of esters is 1. The van der Waals surface area contributed by atoms with Crippen LogP contribution >= 0.6 is 31.9 Å². The Morgan fingerprint density at radius 1 is 1.00 bits per heavy atom. The summed E-state index contributed by atoms with van der Waals surface area (Å²) >= 11 is 6.96. The number of hydrogen-bond donors (Lipinski definition) is 0. The molecule has 1 aliphatic rings. The molecule has 1 atom stereocenters. The first kappa shape index (κ1) is 24.6. The highest BCUT2D eigenvalue weighted by atomic mass is 79.9. The Labute approximate surface area is 220 Å². The van der Waals surface area contributed by atoms with E-state index in [1.165, 1.54) is 12.0 Å². The van der Waals surface area contributed by atoms with Crippen LogP contribution in [0.2, 0.25) is 0 Å². The maximum atomic E-state index is 13.8. The van der Waals surface area contributed by atoms with Gasteiger partial charge in [-0.15, -0.1) is 0 Å². The monoisotopic (exact) mass is 590 g/mol. The van der Waals surface area contributed by atoms with Gasteiger partial charge in [-0.05, 0) is 57.4 Å². The molecule has 3 aromatic rings. The molecule has 0 aliphatic carbocycles. The topological polar surface area (TPSA) is 70.4 Å². The molecule has 174 valence electrons. The van der Waals surface area contributed by atoms with Gasteiger partial charge in [0.2, 0.25) is 0 Å². The molecule has 7 heteroatoms. The quantitative estimate of drug-likeness (QED) is 0.246.